The van der Waals surface area contributed by atoms with Gasteiger partial charge in [0.15, 0.2) is 0 Å². The van der Waals surface area contributed by atoms with Gasteiger partial charge in [0.25, 0.3) is 5.91 Å². The van der Waals surface area contributed by atoms with E-state index >= 15 is 0 Å². The first kappa shape index (κ1) is 19.3. The van der Waals surface area contributed by atoms with Crippen LogP contribution in [0.3, 0.4) is 0 Å². The van der Waals surface area contributed by atoms with Gasteiger partial charge in [0, 0.05) is 55.1 Å². The molecule has 0 saturated carbocycles. The van der Waals surface area contributed by atoms with E-state index in [1.807, 2.05) is 29.2 Å². The number of benzene rings is 1. The van der Waals surface area contributed by atoms with Crippen LogP contribution in [0, 0.1) is 0 Å². The van der Waals surface area contributed by atoms with Crippen LogP contribution >= 0.6 is 11.6 Å². The lowest BCUT2D eigenvalue weighted by molar-refractivity contribution is 0.0705. The molecule has 148 valence electrons. The summed E-state index contributed by atoms with van der Waals surface area (Å²) in [6.45, 7) is 1.27. The van der Waals surface area contributed by atoms with Gasteiger partial charge in [-0.3, -0.25) is 14.6 Å². The van der Waals surface area contributed by atoms with Crippen LogP contribution in [0.1, 0.15) is 34.8 Å². The van der Waals surface area contributed by atoms with Crippen LogP contribution in [0.15, 0.2) is 59.8 Å². The Morgan fingerprint density at radius 1 is 1.21 bits per heavy atom. The maximum atomic E-state index is 12.9. The summed E-state index contributed by atoms with van der Waals surface area (Å²) in [4.78, 5) is 35.5. The van der Waals surface area contributed by atoms with E-state index in [1.165, 1.54) is 10.6 Å². The van der Waals surface area contributed by atoms with Gasteiger partial charge < -0.3 is 9.47 Å². The number of piperidine rings is 1. The van der Waals surface area contributed by atoms with Crippen LogP contribution in [0.2, 0.25) is 5.02 Å². The highest BCUT2D eigenvalue weighted by Gasteiger charge is 2.27. The van der Waals surface area contributed by atoms with Crippen molar-refractivity contribution in [3.63, 3.8) is 0 Å². The predicted octanol–water partition coefficient (Wildman–Crippen LogP) is 3.52. The summed E-state index contributed by atoms with van der Waals surface area (Å²) in [7, 11) is 1.65. The molecule has 2 aromatic heterocycles. The predicted molar refractivity (Wildman–Crippen MR) is 112 cm³/mol. The molecular formula is C22H21ClN4O2. The maximum absolute atomic E-state index is 12.9. The summed E-state index contributed by atoms with van der Waals surface area (Å²) in [5.74, 6) is 0.0520. The molecule has 1 aliphatic rings. The average Bonchev–Trinajstić information content (AvgIpc) is 2.75. The summed E-state index contributed by atoms with van der Waals surface area (Å²) < 4.78 is 1.43. The monoisotopic (exact) mass is 408 g/mol. The quantitative estimate of drug-likeness (QED) is 0.665. The van der Waals surface area contributed by atoms with E-state index < -0.39 is 0 Å². The summed E-state index contributed by atoms with van der Waals surface area (Å²) in [6, 6.07) is 10.6. The van der Waals surface area contributed by atoms with Gasteiger partial charge in [-0.2, -0.15) is 0 Å². The number of likely N-dealkylation sites (tertiary alicyclic amines) is 1. The number of pyridine rings is 1. The van der Waals surface area contributed by atoms with Crippen molar-refractivity contribution in [2.75, 3.05) is 13.1 Å². The molecule has 1 aromatic carbocycles. The van der Waals surface area contributed by atoms with Gasteiger partial charge in [-0.25, -0.2) is 4.98 Å². The zero-order valence-electron chi connectivity index (χ0n) is 16.1. The molecule has 0 bridgehead atoms. The molecule has 29 heavy (non-hydrogen) atoms. The van der Waals surface area contributed by atoms with Crippen LogP contribution in [0.4, 0.5) is 0 Å². The van der Waals surface area contributed by atoms with Gasteiger partial charge in [-0.15, -0.1) is 0 Å². The number of carbonyl (C=O) groups is 1. The lowest BCUT2D eigenvalue weighted by Crippen LogP contribution is -2.39. The first-order valence-corrected chi connectivity index (χ1v) is 9.93. The second-order valence-electron chi connectivity index (χ2n) is 7.30. The highest BCUT2D eigenvalue weighted by Crippen LogP contribution is 2.28. The second-order valence-corrected chi connectivity index (χ2v) is 7.73. The van der Waals surface area contributed by atoms with E-state index in [1.54, 1.807) is 31.7 Å². The van der Waals surface area contributed by atoms with E-state index in [2.05, 4.69) is 4.98 Å². The van der Waals surface area contributed by atoms with Crippen molar-refractivity contribution in [2.45, 2.75) is 18.8 Å². The fraction of sp³-hybridized carbons (Fsp3) is 0.273. The van der Waals surface area contributed by atoms with E-state index in [9.17, 15) is 9.59 Å². The van der Waals surface area contributed by atoms with Crippen molar-refractivity contribution in [2.24, 2.45) is 7.05 Å². The minimum Gasteiger partial charge on any atom is -0.338 e. The number of aryl methyl sites for hydroxylation is 1. The number of nitrogens with zero attached hydrogens (tertiary/aromatic N) is 4. The maximum Gasteiger partial charge on any atom is 0.255 e. The number of aromatic nitrogens is 3. The Kier molecular flexibility index (Phi) is 5.45. The van der Waals surface area contributed by atoms with Crippen LogP contribution in [0.5, 0.6) is 0 Å². The minimum atomic E-state index is -0.133. The molecular weight excluding hydrogens is 388 g/mol. The van der Waals surface area contributed by atoms with Crippen molar-refractivity contribution in [3.05, 3.63) is 81.6 Å². The second kappa shape index (κ2) is 8.17. The average molecular weight is 409 g/mol. The highest BCUT2D eigenvalue weighted by molar-refractivity contribution is 6.30. The molecule has 1 atom stereocenters. The highest BCUT2D eigenvalue weighted by atomic mass is 35.5. The third-order valence-corrected chi connectivity index (χ3v) is 5.47. The van der Waals surface area contributed by atoms with Crippen molar-refractivity contribution >= 4 is 17.5 Å². The van der Waals surface area contributed by atoms with Crippen molar-refractivity contribution in [1.29, 1.82) is 0 Å². The molecule has 6 nitrogen and oxygen atoms in total. The minimum absolute atomic E-state index is 0.0655. The summed E-state index contributed by atoms with van der Waals surface area (Å²) in [5.41, 5.74) is 2.95. The molecule has 0 N–H and O–H groups in total. The Hall–Kier alpha value is -2.99. The normalized spacial score (nSPS) is 16.6. The number of rotatable bonds is 3. The Labute approximate surface area is 173 Å². The summed E-state index contributed by atoms with van der Waals surface area (Å²) in [5, 5.41) is 0.654. The Bertz CT molecular complexity index is 1110. The number of carbonyl (C=O) groups excluding carboxylic acids is 1. The zero-order valence-corrected chi connectivity index (χ0v) is 16.8. The third-order valence-electron chi connectivity index (χ3n) is 5.23. The first-order chi connectivity index (χ1) is 14.0. The molecule has 7 heteroatoms. The lowest BCUT2D eigenvalue weighted by Gasteiger charge is -2.32. The number of hydrogen-bond donors (Lipinski definition) is 0. The molecule has 0 radical (unpaired) electrons. The van der Waals surface area contributed by atoms with E-state index in [0.29, 0.717) is 23.7 Å². The third kappa shape index (κ3) is 4.22. The number of amides is 1. The molecule has 3 aromatic rings. The zero-order chi connectivity index (χ0) is 20.4. The molecule has 1 fully saturated rings. The topological polar surface area (TPSA) is 68.1 Å². The van der Waals surface area contributed by atoms with Crippen molar-refractivity contribution < 1.29 is 4.79 Å². The van der Waals surface area contributed by atoms with Crippen LogP contribution in [-0.4, -0.2) is 38.4 Å². The largest absolute Gasteiger partial charge is 0.338 e. The molecule has 0 spiro atoms. The number of hydrogen-bond acceptors (Lipinski definition) is 4. The Morgan fingerprint density at radius 3 is 2.86 bits per heavy atom. The Morgan fingerprint density at radius 2 is 2.07 bits per heavy atom. The Balaban J connectivity index is 1.55. The van der Waals surface area contributed by atoms with E-state index in [4.69, 9.17) is 16.6 Å². The van der Waals surface area contributed by atoms with Gasteiger partial charge in [-0.05, 0) is 31.0 Å². The van der Waals surface area contributed by atoms with Gasteiger partial charge in [0.2, 0.25) is 5.56 Å². The van der Waals surface area contributed by atoms with Gasteiger partial charge in [0.05, 0.1) is 23.1 Å². The molecule has 0 aliphatic carbocycles. The molecule has 1 unspecified atom stereocenters. The molecule has 4 rings (SSSR count). The fourth-order valence-corrected chi connectivity index (χ4v) is 3.86. The fourth-order valence-electron chi connectivity index (χ4n) is 3.67. The van der Waals surface area contributed by atoms with Gasteiger partial charge in [0.1, 0.15) is 0 Å². The summed E-state index contributed by atoms with van der Waals surface area (Å²) in [6.07, 6.45) is 6.94. The lowest BCUT2D eigenvalue weighted by atomic mass is 9.94. The van der Waals surface area contributed by atoms with E-state index in [0.717, 1.165) is 29.8 Å². The van der Waals surface area contributed by atoms with Gasteiger partial charge >= 0.3 is 0 Å². The van der Waals surface area contributed by atoms with Gasteiger partial charge in [-0.1, -0.05) is 23.7 Å². The van der Waals surface area contributed by atoms with Crippen LogP contribution in [0.25, 0.3) is 11.3 Å². The van der Waals surface area contributed by atoms with Crippen molar-refractivity contribution in [3.8, 4) is 11.3 Å². The van der Waals surface area contributed by atoms with Crippen LogP contribution in [-0.2, 0) is 7.05 Å². The van der Waals surface area contributed by atoms with Crippen molar-refractivity contribution in [1.82, 2.24) is 19.4 Å². The van der Waals surface area contributed by atoms with Crippen LogP contribution < -0.4 is 5.56 Å². The SMILES string of the molecule is Cn1cc(C(=O)N2CCCC(c3cncc(-c4cccc(Cl)c4)n3)C2)ccc1=O. The molecule has 1 amide bonds. The smallest absolute Gasteiger partial charge is 0.255 e. The molecule has 1 saturated heterocycles. The molecule has 3 heterocycles. The number of halogens is 1. The van der Waals surface area contributed by atoms with E-state index in [-0.39, 0.29) is 17.4 Å². The molecule has 1 aliphatic heterocycles. The summed E-state index contributed by atoms with van der Waals surface area (Å²) >= 11 is 6.10. The first-order valence-electron chi connectivity index (χ1n) is 9.55. The standard InChI is InChI=1S/C22H21ClN4O2/c1-26-13-17(7-8-21(26)28)22(29)27-9-3-5-16(14-27)20-12-24-11-19(25-20)15-4-2-6-18(23)10-15/h2,4,6-8,10-13,16H,3,5,9,14H2,1H3.